The summed E-state index contributed by atoms with van der Waals surface area (Å²) in [6.45, 7) is 0. The first-order chi connectivity index (χ1) is 8.50. The van der Waals surface area contributed by atoms with Gasteiger partial charge in [0.2, 0.25) is 5.91 Å². The number of thioether (sulfide) groups is 1. The van der Waals surface area contributed by atoms with E-state index in [4.69, 9.17) is 5.11 Å². The molecule has 1 aromatic rings. The van der Waals surface area contributed by atoms with Gasteiger partial charge < -0.3 is 10.0 Å². The molecule has 0 bridgehead atoms. The number of carboxylic acid groups (broad SMARTS) is 1. The zero-order chi connectivity index (χ0) is 13.5. The van der Waals surface area contributed by atoms with Crippen LogP contribution in [0.15, 0.2) is 23.4 Å². The first kappa shape index (κ1) is 14.5. The quantitative estimate of drug-likeness (QED) is 0.628. The van der Waals surface area contributed by atoms with Crippen LogP contribution in [-0.2, 0) is 4.79 Å². The Balaban J connectivity index is 2.31. The van der Waals surface area contributed by atoms with Gasteiger partial charge in [0.15, 0.2) is 0 Å². The average Bonchev–Trinajstić information content (AvgIpc) is 2.34. The number of hydrogen-bond acceptors (Lipinski definition) is 4. The van der Waals surface area contributed by atoms with Gasteiger partial charge in [-0.15, -0.1) is 11.8 Å². The third kappa shape index (κ3) is 4.75. The van der Waals surface area contributed by atoms with Crippen LogP contribution in [0.4, 0.5) is 0 Å². The molecule has 0 fully saturated rings. The Hall–Kier alpha value is -1.56. The van der Waals surface area contributed by atoms with Crippen LogP contribution in [0, 0.1) is 0 Å². The average molecular weight is 268 g/mol. The molecular weight excluding hydrogens is 252 g/mol. The number of nitrogens with zero attached hydrogens (tertiary/aromatic N) is 2. The Morgan fingerprint density at radius 3 is 2.61 bits per heavy atom. The molecule has 1 rings (SSSR count). The van der Waals surface area contributed by atoms with E-state index in [1.165, 1.54) is 24.0 Å². The molecule has 1 heterocycles. The molecule has 0 radical (unpaired) electrons. The van der Waals surface area contributed by atoms with E-state index in [-0.39, 0.29) is 11.5 Å². The summed E-state index contributed by atoms with van der Waals surface area (Å²) in [6.07, 6.45) is 2.65. The first-order valence-electron chi connectivity index (χ1n) is 5.53. The second-order valence-electron chi connectivity index (χ2n) is 3.93. The number of pyridine rings is 1. The molecule has 1 amide bonds. The Bertz CT molecular complexity index is 418. The Morgan fingerprint density at radius 2 is 2.11 bits per heavy atom. The third-order valence-electron chi connectivity index (χ3n) is 2.27. The lowest BCUT2D eigenvalue weighted by atomic mass is 10.3. The van der Waals surface area contributed by atoms with Gasteiger partial charge in [-0.25, -0.2) is 9.78 Å². The lowest BCUT2D eigenvalue weighted by Crippen LogP contribution is -2.21. The second kappa shape index (κ2) is 7.00. The second-order valence-corrected chi connectivity index (χ2v) is 5.05. The normalized spacial score (nSPS) is 10.1. The predicted octanol–water partition coefficient (Wildman–Crippen LogP) is 1.74. The van der Waals surface area contributed by atoms with Crippen LogP contribution < -0.4 is 0 Å². The van der Waals surface area contributed by atoms with Crippen molar-refractivity contribution < 1.29 is 14.7 Å². The third-order valence-corrected chi connectivity index (χ3v) is 3.30. The zero-order valence-electron chi connectivity index (χ0n) is 10.4. The number of carbonyl (C=O) groups is 2. The van der Waals surface area contributed by atoms with Crippen LogP contribution in [0.5, 0.6) is 0 Å². The van der Waals surface area contributed by atoms with Crippen molar-refractivity contribution in [3.63, 3.8) is 0 Å². The maximum absolute atomic E-state index is 11.3. The minimum Gasteiger partial charge on any atom is -0.478 e. The minimum absolute atomic E-state index is 0.116. The standard InChI is InChI=1S/C12H16N2O3S/c1-14(2)11(15)4-3-7-18-10-6-5-9(8-13-10)12(16)17/h5-6,8H,3-4,7H2,1-2H3,(H,16,17). The van der Waals surface area contributed by atoms with Crippen LogP contribution in [0.3, 0.4) is 0 Å². The number of amides is 1. The van der Waals surface area contributed by atoms with Crippen LogP contribution in [0.1, 0.15) is 23.2 Å². The lowest BCUT2D eigenvalue weighted by Gasteiger charge is -2.09. The molecule has 0 spiro atoms. The Morgan fingerprint density at radius 1 is 1.39 bits per heavy atom. The highest BCUT2D eigenvalue weighted by Crippen LogP contribution is 2.17. The van der Waals surface area contributed by atoms with E-state index < -0.39 is 5.97 Å². The molecule has 0 aromatic carbocycles. The maximum Gasteiger partial charge on any atom is 0.337 e. The lowest BCUT2D eigenvalue weighted by molar-refractivity contribution is -0.128. The molecule has 1 N–H and O–H groups in total. The van der Waals surface area contributed by atoms with Crippen LogP contribution >= 0.6 is 11.8 Å². The first-order valence-corrected chi connectivity index (χ1v) is 6.51. The number of hydrogen-bond donors (Lipinski definition) is 1. The summed E-state index contributed by atoms with van der Waals surface area (Å²) in [5, 5.41) is 9.49. The Kier molecular flexibility index (Phi) is 5.64. The SMILES string of the molecule is CN(C)C(=O)CCCSc1ccc(C(=O)O)cn1. The van der Waals surface area contributed by atoms with Crippen molar-refractivity contribution in [3.05, 3.63) is 23.9 Å². The fourth-order valence-electron chi connectivity index (χ4n) is 1.22. The summed E-state index contributed by atoms with van der Waals surface area (Å²) in [5.41, 5.74) is 0.183. The molecule has 5 nitrogen and oxygen atoms in total. The van der Waals surface area contributed by atoms with Gasteiger partial charge >= 0.3 is 5.97 Å². The van der Waals surface area contributed by atoms with E-state index >= 15 is 0 Å². The zero-order valence-corrected chi connectivity index (χ0v) is 11.2. The van der Waals surface area contributed by atoms with Gasteiger partial charge in [0.25, 0.3) is 0 Å². The monoisotopic (exact) mass is 268 g/mol. The highest BCUT2D eigenvalue weighted by atomic mass is 32.2. The van der Waals surface area contributed by atoms with Crippen molar-refractivity contribution in [2.75, 3.05) is 19.8 Å². The van der Waals surface area contributed by atoms with Gasteiger partial charge in [0, 0.05) is 26.7 Å². The summed E-state index contributed by atoms with van der Waals surface area (Å²) < 4.78 is 0. The molecular formula is C12H16N2O3S. The van der Waals surface area contributed by atoms with Gasteiger partial charge in [0.05, 0.1) is 10.6 Å². The molecule has 6 heteroatoms. The molecule has 0 unspecified atom stereocenters. The topological polar surface area (TPSA) is 70.5 Å². The molecule has 18 heavy (non-hydrogen) atoms. The molecule has 0 aliphatic carbocycles. The number of carboxylic acids is 1. The van der Waals surface area contributed by atoms with Crippen molar-refractivity contribution >= 4 is 23.6 Å². The van der Waals surface area contributed by atoms with E-state index in [1.807, 2.05) is 0 Å². The number of aromatic nitrogens is 1. The van der Waals surface area contributed by atoms with Crippen molar-refractivity contribution in [1.82, 2.24) is 9.88 Å². The number of aromatic carboxylic acids is 1. The Labute approximate surface area is 110 Å². The van der Waals surface area contributed by atoms with Crippen LogP contribution in [0.25, 0.3) is 0 Å². The van der Waals surface area contributed by atoms with Crippen molar-refractivity contribution in [2.45, 2.75) is 17.9 Å². The molecule has 0 saturated carbocycles. The molecule has 98 valence electrons. The number of carbonyl (C=O) groups excluding carboxylic acids is 1. The van der Waals surface area contributed by atoms with E-state index in [0.29, 0.717) is 6.42 Å². The molecule has 0 atom stereocenters. The van der Waals surface area contributed by atoms with E-state index in [1.54, 1.807) is 25.1 Å². The van der Waals surface area contributed by atoms with Gasteiger partial charge in [-0.05, 0) is 24.3 Å². The summed E-state index contributed by atoms with van der Waals surface area (Å²) in [4.78, 5) is 27.5. The van der Waals surface area contributed by atoms with Crippen molar-refractivity contribution in [3.8, 4) is 0 Å². The van der Waals surface area contributed by atoms with Crippen LogP contribution in [0.2, 0.25) is 0 Å². The van der Waals surface area contributed by atoms with E-state index in [9.17, 15) is 9.59 Å². The van der Waals surface area contributed by atoms with Crippen molar-refractivity contribution in [2.24, 2.45) is 0 Å². The minimum atomic E-state index is -0.976. The van der Waals surface area contributed by atoms with Gasteiger partial charge in [-0.2, -0.15) is 0 Å². The van der Waals surface area contributed by atoms with Crippen LogP contribution in [-0.4, -0.2) is 46.7 Å². The van der Waals surface area contributed by atoms with Crippen molar-refractivity contribution in [1.29, 1.82) is 0 Å². The summed E-state index contributed by atoms with van der Waals surface area (Å²) in [5.74, 6) is -0.0701. The fraction of sp³-hybridized carbons (Fsp3) is 0.417. The summed E-state index contributed by atoms with van der Waals surface area (Å²) in [6, 6.07) is 3.21. The van der Waals surface area contributed by atoms with Gasteiger partial charge in [-0.1, -0.05) is 0 Å². The fourth-order valence-corrected chi connectivity index (χ4v) is 2.01. The number of rotatable bonds is 6. The summed E-state index contributed by atoms with van der Waals surface area (Å²) >= 11 is 1.52. The molecule has 0 aliphatic heterocycles. The van der Waals surface area contributed by atoms with E-state index in [0.717, 1.165) is 17.2 Å². The smallest absolute Gasteiger partial charge is 0.337 e. The van der Waals surface area contributed by atoms with Gasteiger partial charge in [0.1, 0.15) is 0 Å². The summed E-state index contributed by atoms with van der Waals surface area (Å²) in [7, 11) is 3.48. The molecule has 1 aromatic heterocycles. The predicted molar refractivity (Wildman–Crippen MR) is 69.8 cm³/mol. The maximum atomic E-state index is 11.3. The highest BCUT2D eigenvalue weighted by molar-refractivity contribution is 7.99. The molecule has 0 aliphatic rings. The highest BCUT2D eigenvalue weighted by Gasteiger charge is 2.05. The van der Waals surface area contributed by atoms with Gasteiger partial charge in [-0.3, -0.25) is 4.79 Å². The molecule has 0 saturated heterocycles. The van der Waals surface area contributed by atoms with E-state index in [2.05, 4.69) is 4.98 Å². The largest absolute Gasteiger partial charge is 0.478 e.